The van der Waals surface area contributed by atoms with Crippen molar-refractivity contribution in [2.45, 2.75) is 51.5 Å². The van der Waals surface area contributed by atoms with Crippen molar-refractivity contribution in [1.29, 1.82) is 0 Å². The summed E-state index contributed by atoms with van der Waals surface area (Å²) in [6, 6.07) is 18.0. The summed E-state index contributed by atoms with van der Waals surface area (Å²) < 4.78 is 5.29. The lowest BCUT2D eigenvalue weighted by molar-refractivity contribution is 0.0740. The normalized spacial score (nSPS) is 15.4. The molecule has 1 aliphatic heterocycles. The van der Waals surface area contributed by atoms with Crippen LogP contribution < -0.4 is 4.74 Å². The van der Waals surface area contributed by atoms with E-state index >= 15 is 0 Å². The monoisotopic (exact) mass is 417 g/mol. The number of H-pyrrole nitrogens is 1. The van der Waals surface area contributed by atoms with Crippen LogP contribution in [0.25, 0.3) is 11.3 Å². The molecule has 0 fully saturated rings. The number of benzene rings is 2. The highest BCUT2D eigenvalue weighted by Gasteiger charge is 2.41. The molecule has 0 unspecified atom stereocenters. The van der Waals surface area contributed by atoms with E-state index in [0.717, 1.165) is 47.5 Å². The Hall–Kier alpha value is -3.08. The van der Waals surface area contributed by atoms with Crippen LogP contribution in [0, 0.1) is 0 Å². The highest BCUT2D eigenvalue weighted by Crippen LogP contribution is 2.43. The number of rotatable bonds is 10. The van der Waals surface area contributed by atoms with Gasteiger partial charge in [-0.15, -0.1) is 0 Å². The molecule has 31 heavy (non-hydrogen) atoms. The van der Waals surface area contributed by atoms with Gasteiger partial charge in [-0.1, -0.05) is 69.4 Å². The molecule has 0 saturated heterocycles. The van der Waals surface area contributed by atoms with Crippen LogP contribution in [0.2, 0.25) is 0 Å². The van der Waals surface area contributed by atoms with E-state index in [0.29, 0.717) is 5.69 Å². The van der Waals surface area contributed by atoms with Crippen molar-refractivity contribution in [3.05, 3.63) is 71.4 Å². The summed E-state index contributed by atoms with van der Waals surface area (Å²) in [5, 5.41) is 7.58. The molecule has 0 radical (unpaired) electrons. The molecule has 0 bridgehead atoms. The van der Waals surface area contributed by atoms with Gasteiger partial charge in [-0.3, -0.25) is 9.89 Å². The molecule has 5 heteroatoms. The average Bonchev–Trinajstić information content (AvgIpc) is 3.36. The summed E-state index contributed by atoms with van der Waals surface area (Å²) in [5.74, 6) is 0.848. The Labute approximate surface area is 184 Å². The van der Waals surface area contributed by atoms with Gasteiger partial charge in [-0.05, 0) is 36.2 Å². The minimum Gasteiger partial charge on any atom is -0.497 e. The first-order valence-electron chi connectivity index (χ1n) is 11.3. The van der Waals surface area contributed by atoms with Gasteiger partial charge < -0.3 is 9.64 Å². The third-order valence-corrected chi connectivity index (χ3v) is 6.10. The van der Waals surface area contributed by atoms with Gasteiger partial charge in [-0.25, -0.2) is 0 Å². The number of ether oxygens (including phenoxy) is 1. The van der Waals surface area contributed by atoms with Gasteiger partial charge in [0.05, 0.1) is 18.8 Å². The second kappa shape index (κ2) is 9.82. The van der Waals surface area contributed by atoms with Gasteiger partial charge in [0, 0.05) is 17.7 Å². The van der Waals surface area contributed by atoms with Crippen molar-refractivity contribution in [1.82, 2.24) is 15.1 Å². The molecule has 0 spiro atoms. The zero-order valence-electron chi connectivity index (χ0n) is 18.4. The number of hydrogen-bond acceptors (Lipinski definition) is 3. The van der Waals surface area contributed by atoms with Crippen LogP contribution in [-0.2, 0) is 0 Å². The Morgan fingerprint density at radius 1 is 0.968 bits per heavy atom. The molecular weight excluding hydrogens is 386 g/mol. The van der Waals surface area contributed by atoms with E-state index < -0.39 is 0 Å². The maximum absolute atomic E-state index is 13.3. The molecule has 162 valence electrons. The van der Waals surface area contributed by atoms with Crippen molar-refractivity contribution in [2.24, 2.45) is 0 Å². The summed E-state index contributed by atoms with van der Waals surface area (Å²) in [5.41, 5.74) is 4.54. The molecular formula is C26H31N3O2. The topological polar surface area (TPSA) is 58.2 Å². The first-order chi connectivity index (χ1) is 15.2. The van der Waals surface area contributed by atoms with Gasteiger partial charge in [0.15, 0.2) is 0 Å². The Bertz CT molecular complexity index is 995. The largest absolute Gasteiger partial charge is 0.497 e. The molecule has 5 nitrogen and oxygen atoms in total. The average molecular weight is 418 g/mol. The van der Waals surface area contributed by atoms with Crippen molar-refractivity contribution >= 4 is 5.91 Å². The number of carbonyl (C=O) groups excluding carboxylic acids is 1. The first kappa shape index (κ1) is 21.2. The number of aromatic amines is 1. The first-order valence-corrected chi connectivity index (χ1v) is 11.3. The highest BCUT2D eigenvalue weighted by molar-refractivity contribution is 6.00. The lowest BCUT2D eigenvalue weighted by Crippen LogP contribution is -2.30. The summed E-state index contributed by atoms with van der Waals surface area (Å²) in [6.07, 6.45) is 7.22. The van der Waals surface area contributed by atoms with Crippen LogP contribution >= 0.6 is 0 Å². The molecule has 1 aliphatic rings. The fraction of sp³-hybridized carbons (Fsp3) is 0.385. The number of nitrogens with zero attached hydrogens (tertiary/aromatic N) is 2. The Morgan fingerprint density at radius 3 is 2.39 bits per heavy atom. The third-order valence-electron chi connectivity index (χ3n) is 6.10. The van der Waals surface area contributed by atoms with Crippen LogP contribution in [0.3, 0.4) is 0 Å². The molecule has 4 rings (SSSR count). The standard InChI is InChI=1S/C26H31N3O2/c1-3-4-5-6-7-11-18-29-25(20-12-9-8-10-13-20)22-23(27-28-24(22)26(29)30)19-14-16-21(31-2)17-15-19/h8-10,12-17,25H,3-7,11,18H2,1-2H3,(H,27,28)/t25-/m0/s1. The summed E-state index contributed by atoms with van der Waals surface area (Å²) in [4.78, 5) is 15.3. The molecule has 1 N–H and O–H groups in total. The van der Waals surface area contributed by atoms with E-state index in [-0.39, 0.29) is 11.9 Å². The zero-order valence-corrected chi connectivity index (χ0v) is 18.4. The molecule has 2 heterocycles. The molecule has 1 atom stereocenters. The smallest absolute Gasteiger partial charge is 0.273 e. The van der Waals surface area contributed by atoms with E-state index in [4.69, 9.17) is 4.74 Å². The highest BCUT2D eigenvalue weighted by atomic mass is 16.5. The summed E-state index contributed by atoms with van der Waals surface area (Å²) in [6.45, 7) is 2.99. The van der Waals surface area contributed by atoms with Crippen molar-refractivity contribution < 1.29 is 9.53 Å². The molecule has 0 saturated carbocycles. The second-order valence-corrected chi connectivity index (χ2v) is 8.17. The fourth-order valence-corrected chi connectivity index (χ4v) is 4.44. The van der Waals surface area contributed by atoms with Gasteiger partial charge in [0.2, 0.25) is 0 Å². The fourth-order valence-electron chi connectivity index (χ4n) is 4.44. The Kier molecular flexibility index (Phi) is 6.70. The number of aromatic nitrogens is 2. The number of methoxy groups -OCH3 is 1. The Balaban J connectivity index is 1.63. The summed E-state index contributed by atoms with van der Waals surface area (Å²) in [7, 11) is 1.66. The van der Waals surface area contributed by atoms with E-state index in [1.807, 2.05) is 47.4 Å². The van der Waals surface area contributed by atoms with Crippen LogP contribution in [-0.4, -0.2) is 34.7 Å². The third kappa shape index (κ3) is 4.36. The van der Waals surface area contributed by atoms with E-state index in [9.17, 15) is 4.79 Å². The maximum atomic E-state index is 13.3. The maximum Gasteiger partial charge on any atom is 0.273 e. The van der Waals surface area contributed by atoms with Gasteiger partial charge in [-0.2, -0.15) is 5.10 Å². The zero-order chi connectivity index (χ0) is 21.6. The van der Waals surface area contributed by atoms with E-state index in [1.165, 1.54) is 25.7 Å². The van der Waals surface area contributed by atoms with Crippen molar-refractivity contribution in [3.63, 3.8) is 0 Å². The lowest BCUT2D eigenvalue weighted by atomic mass is 9.96. The number of fused-ring (bicyclic) bond motifs is 1. The minimum absolute atomic E-state index is 0.0460. The molecule has 0 aliphatic carbocycles. The molecule has 1 aromatic heterocycles. The number of nitrogens with one attached hydrogen (secondary N) is 1. The lowest BCUT2D eigenvalue weighted by Gasteiger charge is -2.26. The van der Waals surface area contributed by atoms with Crippen molar-refractivity contribution in [2.75, 3.05) is 13.7 Å². The van der Waals surface area contributed by atoms with Crippen LogP contribution in [0.4, 0.5) is 0 Å². The minimum atomic E-state index is -0.116. The van der Waals surface area contributed by atoms with Gasteiger partial charge >= 0.3 is 0 Å². The molecule has 2 aromatic carbocycles. The predicted octanol–water partition coefficient (Wildman–Crippen LogP) is 5.99. The summed E-state index contributed by atoms with van der Waals surface area (Å²) >= 11 is 0. The van der Waals surface area contributed by atoms with Crippen LogP contribution in [0.1, 0.15) is 73.1 Å². The Morgan fingerprint density at radius 2 is 1.68 bits per heavy atom. The molecule has 1 amide bonds. The van der Waals surface area contributed by atoms with Crippen LogP contribution in [0.15, 0.2) is 54.6 Å². The number of unbranched alkanes of at least 4 members (excludes halogenated alkanes) is 5. The van der Waals surface area contributed by atoms with Crippen molar-refractivity contribution in [3.8, 4) is 17.0 Å². The van der Waals surface area contributed by atoms with E-state index in [1.54, 1.807) is 7.11 Å². The molecule has 3 aromatic rings. The number of amides is 1. The number of hydrogen-bond donors (Lipinski definition) is 1. The number of carbonyl (C=O) groups is 1. The van der Waals surface area contributed by atoms with Gasteiger partial charge in [0.1, 0.15) is 11.4 Å². The van der Waals surface area contributed by atoms with Crippen LogP contribution in [0.5, 0.6) is 5.75 Å². The quantitative estimate of drug-likeness (QED) is 0.412. The SMILES string of the molecule is CCCCCCCCN1C(=O)c2[nH]nc(-c3ccc(OC)cc3)c2[C@@H]1c1ccccc1. The second-order valence-electron chi connectivity index (χ2n) is 8.17. The predicted molar refractivity (Wildman–Crippen MR) is 123 cm³/mol. The van der Waals surface area contributed by atoms with E-state index in [2.05, 4.69) is 29.3 Å². The van der Waals surface area contributed by atoms with Gasteiger partial charge in [0.25, 0.3) is 5.91 Å².